The molecule has 0 aliphatic heterocycles. The maximum atomic E-state index is 9.22. The summed E-state index contributed by atoms with van der Waals surface area (Å²) in [5.74, 6) is 0.811. The van der Waals surface area contributed by atoms with Crippen LogP contribution in [-0.4, -0.2) is 44.8 Å². The highest BCUT2D eigenvalue weighted by atomic mass is 32.3. The summed E-state index contributed by atoms with van der Waals surface area (Å²) in [6, 6.07) is 6.19. The number of nitrogens with one attached hydrogen (secondary N) is 2. The number of anilines is 1. The van der Waals surface area contributed by atoms with E-state index in [-0.39, 0.29) is 5.41 Å². The van der Waals surface area contributed by atoms with Gasteiger partial charge in [0.05, 0.1) is 33.6 Å². The Balaban J connectivity index is 0.000000656. The van der Waals surface area contributed by atoms with Gasteiger partial charge in [0, 0.05) is 23.9 Å². The molecule has 0 aliphatic rings. The van der Waals surface area contributed by atoms with Crippen LogP contribution in [0.4, 0.5) is 17.3 Å². The van der Waals surface area contributed by atoms with Crippen LogP contribution in [0, 0.1) is 12.3 Å². The van der Waals surface area contributed by atoms with E-state index in [2.05, 4.69) is 57.9 Å². The fourth-order valence-corrected chi connectivity index (χ4v) is 2.58. The molecule has 168 valence electrons. The van der Waals surface area contributed by atoms with Gasteiger partial charge in [0.1, 0.15) is 5.69 Å². The lowest BCUT2D eigenvalue weighted by molar-refractivity contribution is -0.657. The lowest BCUT2D eigenvalue weighted by atomic mass is 9.93. The second kappa shape index (κ2) is 11.2. The number of aryl methyl sites for hydroxylation is 3. The van der Waals surface area contributed by atoms with Crippen LogP contribution in [0.1, 0.15) is 19.4 Å². The Labute approximate surface area is 178 Å². The third-order valence-electron chi connectivity index (χ3n) is 4.22. The van der Waals surface area contributed by atoms with Crippen LogP contribution >= 0.6 is 0 Å². The SMILES string of the molecule is CNCC(C)(C)CNc1ccc(N=Nc2n(C)cc[n+]2C)c(C)c1.COS(=O)(=O)[O-]. The van der Waals surface area contributed by atoms with Gasteiger partial charge in [-0.25, -0.2) is 17.6 Å². The fourth-order valence-electron chi connectivity index (χ4n) is 2.58. The van der Waals surface area contributed by atoms with Gasteiger partial charge in [0.25, 0.3) is 0 Å². The van der Waals surface area contributed by atoms with Crippen LogP contribution in [0.2, 0.25) is 0 Å². The topological polar surface area (TPSA) is 124 Å². The van der Waals surface area contributed by atoms with Crippen LogP contribution in [0.15, 0.2) is 40.8 Å². The monoisotopic (exact) mass is 440 g/mol. The van der Waals surface area contributed by atoms with Crippen LogP contribution < -0.4 is 15.2 Å². The van der Waals surface area contributed by atoms with Crippen LogP contribution in [0.3, 0.4) is 0 Å². The van der Waals surface area contributed by atoms with Gasteiger partial charge in [-0.05, 0) is 43.1 Å². The quantitative estimate of drug-likeness (QED) is 0.281. The Bertz CT molecular complexity index is 934. The van der Waals surface area contributed by atoms with Crippen LogP contribution in [0.5, 0.6) is 0 Å². The molecule has 1 heterocycles. The molecule has 2 rings (SSSR count). The van der Waals surface area contributed by atoms with Crippen LogP contribution in [-0.2, 0) is 28.7 Å². The number of hydrogen-bond acceptors (Lipinski definition) is 8. The highest BCUT2D eigenvalue weighted by molar-refractivity contribution is 7.80. The highest BCUT2D eigenvalue weighted by Gasteiger charge is 2.16. The molecule has 0 bridgehead atoms. The summed E-state index contributed by atoms with van der Waals surface area (Å²) in [6.45, 7) is 8.42. The Hall–Kier alpha value is -2.34. The molecule has 0 atom stereocenters. The summed E-state index contributed by atoms with van der Waals surface area (Å²) in [5, 5.41) is 15.5. The van der Waals surface area contributed by atoms with Crippen LogP contribution in [0.25, 0.3) is 0 Å². The number of nitrogens with zero attached hydrogens (tertiary/aromatic N) is 4. The largest absolute Gasteiger partial charge is 0.726 e. The molecular formula is C19H32N6O4S. The van der Waals surface area contributed by atoms with Gasteiger partial charge < -0.3 is 15.2 Å². The Morgan fingerprint density at radius 2 is 1.90 bits per heavy atom. The van der Waals surface area contributed by atoms with E-state index in [0.29, 0.717) is 0 Å². The van der Waals surface area contributed by atoms with Gasteiger partial charge in [-0.3, -0.25) is 4.18 Å². The van der Waals surface area contributed by atoms with Gasteiger partial charge in [0.15, 0.2) is 0 Å². The van der Waals surface area contributed by atoms with E-state index in [0.717, 1.165) is 43.1 Å². The van der Waals surface area contributed by atoms with Crippen molar-refractivity contribution in [3.63, 3.8) is 0 Å². The molecule has 0 radical (unpaired) electrons. The summed E-state index contributed by atoms with van der Waals surface area (Å²) in [7, 11) is 2.30. The highest BCUT2D eigenvalue weighted by Crippen LogP contribution is 2.25. The van der Waals surface area contributed by atoms with Crippen molar-refractivity contribution < 1.29 is 21.7 Å². The van der Waals surface area contributed by atoms with Crippen molar-refractivity contribution >= 4 is 27.7 Å². The van der Waals surface area contributed by atoms with Gasteiger partial charge >= 0.3 is 5.95 Å². The van der Waals surface area contributed by atoms with Crippen molar-refractivity contribution in [2.24, 2.45) is 29.7 Å². The van der Waals surface area contributed by atoms with E-state index in [9.17, 15) is 13.0 Å². The minimum atomic E-state index is -4.41. The molecule has 2 aromatic rings. The minimum Gasteiger partial charge on any atom is -0.726 e. The standard InChI is InChI=1S/C18H28N6.CH4O4S/c1-14-11-15(20-13-18(2,3)12-19-4)7-8-16(14)21-22-17-23(5)9-10-24(17)6;1-5-6(2,3)4/h7-11,19H,12-13H2,1-6H3;1H3,(H,2,3,4). The number of imidazole rings is 1. The summed E-state index contributed by atoms with van der Waals surface area (Å²) in [5.41, 5.74) is 3.30. The Morgan fingerprint density at radius 3 is 2.37 bits per heavy atom. The summed E-state index contributed by atoms with van der Waals surface area (Å²) in [6.07, 6.45) is 3.92. The van der Waals surface area contributed by atoms with Crippen molar-refractivity contribution in [3.05, 3.63) is 36.2 Å². The molecule has 11 heteroatoms. The van der Waals surface area contributed by atoms with E-state index < -0.39 is 10.4 Å². The van der Waals surface area contributed by atoms with Crippen molar-refractivity contribution in [1.82, 2.24) is 9.88 Å². The number of rotatable bonds is 8. The van der Waals surface area contributed by atoms with E-state index in [1.807, 2.05) is 48.7 Å². The molecule has 0 saturated heterocycles. The molecule has 0 fully saturated rings. The van der Waals surface area contributed by atoms with E-state index in [1.165, 1.54) is 0 Å². The van der Waals surface area contributed by atoms with E-state index in [1.54, 1.807) is 0 Å². The molecular weight excluding hydrogens is 408 g/mol. The zero-order chi connectivity index (χ0) is 22.9. The predicted octanol–water partition coefficient (Wildman–Crippen LogP) is 2.32. The second-order valence-electron chi connectivity index (χ2n) is 7.64. The maximum Gasteiger partial charge on any atom is 0.421 e. The minimum absolute atomic E-state index is 0.197. The average Bonchev–Trinajstić information content (AvgIpc) is 2.97. The van der Waals surface area contributed by atoms with Crippen molar-refractivity contribution in [2.75, 3.05) is 32.6 Å². The third kappa shape index (κ3) is 8.99. The first kappa shape index (κ1) is 25.7. The Kier molecular flexibility index (Phi) is 9.56. The van der Waals surface area contributed by atoms with Gasteiger partial charge in [-0.1, -0.05) is 19.0 Å². The molecule has 0 aliphatic carbocycles. The average molecular weight is 441 g/mol. The van der Waals surface area contributed by atoms with Gasteiger partial charge in [0.2, 0.25) is 10.4 Å². The summed E-state index contributed by atoms with van der Waals surface area (Å²) in [4.78, 5) is 0. The molecule has 30 heavy (non-hydrogen) atoms. The summed E-state index contributed by atoms with van der Waals surface area (Å²) < 4.78 is 34.9. The molecule has 2 N–H and O–H groups in total. The van der Waals surface area contributed by atoms with Crippen molar-refractivity contribution in [1.29, 1.82) is 0 Å². The summed E-state index contributed by atoms with van der Waals surface area (Å²) >= 11 is 0. The molecule has 0 spiro atoms. The first-order valence-electron chi connectivity index (χ1n) is 9.32. The van der Waals surface area contributed by atoms with E-state index >= 15 is 0 Å². The molecule has 10 nitrogen and oxygen atoms in total. The fraction of sp³-hybridized carbons (Fsp3) is 0.526. The number of aromatic nitrogens is 2. The van der Waals surface area contributed by atoms with E-state index in [4.69, 9.17) is 0 Å². The lowest BCUT2D eigenvalue weighted by Gasteiger charge is -2.25. The first-order valence-corrected chi connectivity index (χ1v) is 10.6. The zero-order valence-corrected chi connectivity index (χ0v) is 19.4. The smallest absolute Gasteiger partial charge is 0.421 e. The third-order valence-corrected chi connectivity index (χ3v) is 4.63. The lowest BCUT2D eigenvalue weighted by Crippen LogP contribution is -2.33. The normalized spacial score (nSPS) is 12.0. The predicted molar refractivity (Wildman–Crippen MR) is 115 cm³/mol. The van der Waals surface area contributed by atoms with Crippen molar-refractivity contribution in [3.8, 4) is 0 Å². The number of azo groups is 1. The van der Waals surface area contributed by atoms with Gasteiger partial charge in [-0.2, -0.15) is 0 Å². The second-order valence-corrected chi connectivity index (χ2v) is 8.79. The first-order chi connectivity index (χ1) is 13.9. The van der Waals surface area contributed by atoms with Crippen molar-refractivity contribution in [2.45, 2.75) is 20.8 Å². The molecule has 0 amide bonds. The molecule has 0 unspecified atom stereocenters. The van der Waals surface area contributed by atoms with Gasteiger partial charge in [-0.15, -0.1) is 0 Å². The molecule has 0 saturated carbocycles. The zero-order valence-electron chi connectivity index (χ0n) is 18.6. The Morgan fingerprint density at radius 1 is 1.27 bits per heavy atom. The maximum absolute atomic E-state index is 9.22. The number of hydrogen-bond donors (Lipinski definition) is 2. The molecule has 1 aromatic carbocycles. The number of benzene rings is 1. The molecule has 1 aromatic heterocycles.